The van der Waals surface area contributed by atoms with Gasteiger partial charge in [-0.1, -0.05) is 125 Å². The highest BCUT2D eigenvalue weighted by Crippen LogP contribution is 2.29. The first-order valence-electron chi connectivity index (χ1n) is 43.7. The molecule has 0 bridgehead atoms. The molecule has 43 heteroatoms. The molecule has 39 nitrogen and oxygen atoms in total. The Balaban J connectivity index is 1.14. The molecule has 0 unspecified atom stereocenters. The third kappa shape index (κ3) is 28.5. The van der Waals surface area contributed by atoms with Gasteiger partial charge in [0.05, 0.1) is 37.3 Å². The molecule has 6 aromatic rings. The van der Waals surface area contributed by atoms with Gasteiger partial charge in [0.25, 0.3) is 0 Å². The average Bonchev–Trinajstić information content (AvgIpc) is 1.56. The number of rotatable bonds is 24. The highest BCUT2D eigenvalue weighted by atomic mass is 32.2. The maximum atomic E-state index is 15.7. The number of para-hydroxylation sites is 1. The summed E-state index contributed by atoms with van der Waals surface area (Å²) in [5.41, 5.74) is 18.9. The lowest BCUT2D eigenvalue weighted by atomic mass is 9.98. The van der Waals surface area contributed by atoms with E-state index in [1.54, 1.807) is 98.0 Å². The van der Waals surface area contributed by atoms with E-state index in [-0.39, 0.29) is 57.2 Å². The Bertz CT molecular complexity index is 5240. The molecular weight excluding hydrogens is 1770 g/mol. The number of nitrogens with two attached hydrogens (primary N) is 3. The molecule has 0 spiro atoms. The Morgan fingerprint density at radius 1 is 0.507 bits per heavy atom. The number of aliphatic carboxylic acids is 1. The molecule has 3 fully saturated rings. The van der Waals surface area contributed by atoms with Gasteiger partial charge in [-0.15, -0.1) is 11.8 Å². The van der Waals surface area contributed by atoms with Crippen molar-refractivity contribution in [1.29, 1.82) is 0 Å². The zero-order valence-corrected chi connectivity index (χ0v) is 75.6. The maximum Gasteiger partial charge on any atom is 0.305 e. The first-order chi connectivity index (χ1) is 63.6. The minimum absolute atomic E-state index is 0.00578. The second-order valence-electron chi connectivity index (χ2n) is 33.8. The Morgan fingerprint density at radius 3 is 1.59 bits per heavy atom. The van der Waals surface area contributed by atoms with Crippen LogP contribution in [0.5, 0.6) is 5.75 Å². The Labute approximate surface area is 773 Å². The van der Waals surface area contributed by atoms with Gasteiger partial charge in [-0.2, -0.15) is 0 Å². The molecule has 4 heterocycles. The van der Waals surface area contributed by atoms with Crippen molar-refractivity contribution in [3.63, 3.8) is 0 Å². The summed E-state index contributed by atoms with van der Waals surface area (Å²) in [5.74, 6) is -27.0. The summed E-state index contributed by atoms with van der Waals surface area (Å²) in [4.78, 5) is 258. The van der Waals surface area contributed by atoms with Crippen LogP contribution in [0.25, 0.3) is 10.9 Å². The van der Waals surface area contributed by atoms with Gasteiger partial charge in [0.2, 0.25) is 94.5 Å². The number of phenols is 1. The Hall–Kier alpha value is -13.6. The van der Waals surface area contributed by atoms with Crippen molar-refractivity contribution >= 4 is 123 Å². The van der Waals surface area contributed by atoms with Gasteiger partial charge in [-0.05, 0) is 89.9 Å². The minimum Gasteiger partial charge on any atom is -0.508 e. The van der Waals surface area contributed by atoms with Crippen LogP contribution in [-0.4, -0.2) is 300 Å². The fourth-order valence-electron chi connectivity index (χ4n) is 16.2. The molecule has 3 aliphatic heterocycles. The number of primary amides is 2. The van der Waals surface area contributed by atoms with E-state index >= 15 is 51.9 Å². The standard InChI is InChI=1S/C91H115F3N18O21S/c1-7-8-25-68-90(132)112-45-56(115)39-71(112)86(128)104-64(41-76(119)120)83(125)107-78(48(2)3)91(133)109(5)69(35-49-18-11-9-12-19-49)84(126)105-66(40-73(96)116)88(130)111-44-55(114)38-70(111)85(127)103-63(37-53-42-98-60-23-16-15-22-57(53)60)82(124)102-62(33-51-26-28-54(113)29-27-51)81(123)101-61(24-17-30-95)80(122)106-67(79(121)99-43-74(97)117)46-134-47-75(118)100-65(34-52-31-58(92)77(94)59(93)32-52)87(129)110(6)72(89(131)108(68)4)36-50-20-13-10-14-21-50/h9-16,18-23,26-29,31-32,42,48,55-56,61-72,78,98,113-115H,7-8,17,24-25,30,33-41,43-47,95H2,1-6H3,(H2,96,116)(H2,97,117)(H,99,121)(H,100,118)(H,101,123)(H,102,124)(H,103,127)(H,104,128)(H,105,126)(H,106,122)(H,107,125)(H,119,120)/t55-,56-,61+,62+,63+,64+,65+,66+,67+,68+,69+,70-,71-,72+,78+/m1/s1. The van der Waals surface area contributed by atoms with Crippen LogP contribution in [0.2, 0.25) is 0 Å². The molecule has 20 N–H and O–H groups in total. The maximum absolute atomic E-state index is 15.7. The number of hydrogen-bond acceptors (Lipinski definition) is 22. The van der Waals surface area contributed by atoms with Crippen molar-refractivity contribution in [2.24, 2.45) is 23.1 Å². The molecule has 722 valence electrons. The lowest BCUT2D eigenvalue weighted by Crippen LogP contribution is -2.62. The summed E-state index contributed by atoms with van der Waals surface area (Å²) >= 11 is 0.625. The fraction of sp³-hybridized carbons (Fsp3) is 0.462. The van der Waals surface area contributed by atoms with E-state index < -0.39 is 290 Å². The first kappa shape index (κ1) is 104. The van der Waals surface area contributed by atoms with Crippen molar-refractivity contribution < 1.29 is 115 Å². The number of fused-ring (bicyclic) bond motifs is 3. The molecule has 1 aromatic heterocycles. The quantitative estimate of drug-likeness (QED) is 0.0303. The predicted molar refractivity (Wildman–Crippen MR) is 480 cm³/mol. The smallest absolute Gasteiger partial charge is 0.305 e. The zero-order valence-electron chi connectivity index (χ0n) is 74.7. The van der Waals surface area contributed by atoms with Gasteiger partial charge in [0.15, 0.2) is 17.5 Å². The van der Waals surface area contributed by atoms with Crippen LogP contribution in [0, 0.1) is 23.4 Å². The van der Waals surface area contributed by atoms with Gasteiger partial charge < -0.3 is 115 Å². The van der Waals surface area contributed by atoms with Gasteiger partial charge in [-0.25, -0.2) is 13.2 Å². The van der Waals surface area contributed by atoms with Crippen LogP contribution >= 0.6 is 11.8 Å². The van der Waals surface area contributed by atoms with Gasteiger partial charge in [0.1, 0.15) is 84.3 Å². The monoisotopic (exact) mass is 1880 g/mol. The number of unbranched alkanes of at least 4 members (excludes halogenated alkanes) is 1. The number of benzene rings is 5. The highest BCUT2D eigenvalue weighted by Gasteiger charge is 2.49. The van der Waals surface area contributed by atoms with E-state index in [1.165, 1.54) is 45.2 Å². The van der Waals surface area contributed by atoms with Gasteiger partial charge >= 0.3 is 5.97 Å². The van der Waals surface area contributed by atoms with Crippen LogP contribution < -0.4 is 65.1 Å². The van der Waals surface area contributed by atoms with E-state index in [0.29, 0.717) is 63.5 Å². The molecule has 16 amide bonds. The number of thioether (sulfide) groups is 1. The number of amides is 16. The number of hydrogen-bond donors (Lipinski definition) is 17. The molecule has 3 aliphatic rings. The van der Waals surface area contributed by atoms with E-state index in [9.17, 15) is 63.2 Å². The normalized spacial score (nSPS) is 24.6. The molecule has 5 aromatic carbocycles. The second-order valence-corrected chi connectivity index (χ2v) is 34.9. The number of nitrogens with one attached hydrogen (secondary N) is 10. The molecule has 0 aliphatic carbocycles. The summed E-state index contributed by atoms with van der Waals surface area (Å²) < 4.78 is 45.1. The third-order valence-corrected chi connectivity index (χ3v) is 24.5. The number of carbonyl (C=O) groups excluding carboxylic acids is 16. The van der Waals surface area contributed by atoms with Crippen molar-refractivity contribution in [2.45, 2.75) is 201 Å². The average molecular weight is 1890 g/mol. The zero-order chi connectivity index (χ0) is 98.1. The van der Waals surface area contributed by atoms with Crippen molar-refractivity contribution in [3.05, 3.63) is 173 Å². The number of aliphatic hydroxyl groups is 2. The SMILES string of the molecule is CCCC[C@H]1C(=O)N2C[C@H](O)C[C@@H]2C(=O)N[C@@H](CC(=O)O)C(=O)N[C@@H](C(C)C)C(=O)N(C)[C@@H](Cc2ccccc2)C(=O)N[C@@H](CC(N)=O)C(=O)N2C[C@H](O)C[C@@H]2C(=O)N[C@@H](Cc2c[nH]c3ccccc23)C(=O)N[C@@H](Cc2ccc(O)cc2)C(=O)N[C@@H](CCCN)C(=O)N[C@H](C(=O)NCC(N)=O)CSCC(=O)N[C@@H](Cc2cc(F)c(F)c(F)c2)C(=O)N(C)[C@@H](Cc2ccccc2)C(=O)N1C. The van der Waals surface area contributed by atoms with E-state index in [2.05, 4.69) is 52.8 Å². The Morgan fingerprint density at radius 2 is 1.01 bits per heavy atom. The molecular formula is C91H115F3N18O21S. The van der Waals surface area contributed by atoms with Gasteiger partial charge in [-0.3, -0.25) is 81.5 Å². The minimum atomic E-state index is -2.08. The fourth-order valence-corrected chi connectivity index (χ4v) is 17.1. The number of aromatic nitrogens is 1. The lowest BCUT2D eigenvalue weighted by molar-refractivity contribution is -0.152. The van der Waals surface area contributed by atoms with E-state index in [0.717, 1.165) is 38.6 Å². The van der Waals surface area contributed by atoms with Crippen LogP contribution in [0.3, 0.4) is 0 Å². The topological polar surface area (TPSA) is 589 Å². The van der Waals surface area contributed by atoms with Gasteiger partial charge in [0, 0.05) is 102 Å². The van der Waals surface area contributed by atoms with Crippen LogP contribution in [0.15, 0.2) is 128 Å². The number of carbonyl (C=O) groups is 17. The summed E-state index contributed by atoms with van der Waals surface area (Å²) in [5, 5.41) is 66.8. The number of nitrogens with zero attached hydrogens (tertiary/aromatic N) is 5. The number of halogens is 3. The van der Waals surface area contributed by atoms with Crippen molar-refractivity contribution in [2.75, 3.05) is 58.8 Å². The highest BCUT2D eigenvalue weighted by molar-refractivity contribution is 8.00. The largest absolute Gasteiger partial charge is 0.508 e. The number of aromatic hydroxyl groups is 1. The predicted octanol–water partition coefficient (Wildman–Crippen LogP) is -1.63. The summed E-state index contributed by atoms with van der Waals surface area (Å²) in [7, 11) is 3.53. The number of aromatic amines is 1. The number of H-pyrrole nitrogens is 1. The summed E-state index contributed by atoms with van der Waals surface area (Å²) in [6.45, 7) is 2.59. The molecule has 0 saturated carbocycles. The summed E-state index contributed by atoms with van der Waals surface area (Å²) in [6, 6.07) is 6.43. The number of phenolic OH excluding ortho intramolecular Hbond substituents is 1. The van der Waals surface area contributed by atoms with Crippen LogP contribution in [-0.2, 0) is 114 Å². The van der Waals surface area contributed by atoms with E-state index in [1.807, 2.05) is 0 Å². The van der Waals surface area contributed by atoms with E-state index in [4.69, 9.17) is 17.2 Å². The third-order valence-electron chi connectivity index (χ3n) is 23.5. The number of carboxylic acids is 1. The van der Waals surface area contributed by atoms with Crippen LogP contribution in [0.4, 0.5) is 13.2 Å². The van der Waals surface area contributed by atoms with Crippen molar-refractivity contribution in [3.8, 4) is 5.75 Å². The van der Waals surface area contributed by atoms with Crippen LogP contribution in [0.1, 0.15) is 106 Å². The Kier molecular flexibility index (Phi) is 37.9. The second kappa shape index (κ2) is 48.7. The lowest BCUT2D eigenvalue weighted by Gasteiger charge is -2.38. The number of likely N-dealkylation sites (N-methyl/N-ethyl adjacent to an activating group) is 3. The number of aliphatic hydroxyl groups excluding tert-OH is 2. The van der Waals surface area contributed by atoms with Crippen molar-refractivity contribution in [1.82, 2.24) is 77.3 Å². The first-order valence-corrected chi connectivity index (χ1v) is 44.9. The molecule has 15 atom stereocenters. The molecule has 9 rings (SSSR count). The number of carboxylic acid groups (broad SMARTS) is 1. The molecule has 134 heavy (non-hydrogen) atoms. The summed E-state index contributed by atoms with van der Waals surface area (Å²) in [6.07, 6.45) is -6.78. The molecule has 3 saturated heterocycles. The molecule has 0 radical (unpaired) electrons.